The molecule has 5 nitrogen and oxygen atoms in total. The Hall–Kier alpha value is -2.75. The first-order valence-corrected chi connectivity index (χ1v) is 10.7. The molecule has 0 unspecified atom stereocenters. The quantitative estimate of drug-likeness (QED) is 0.417. The summed E-state index contributed by atoms with van der Waals surface area (Å²) in [6.07, 6.45) is 4.23. The van der Waals surface area contributed by atoms with E-state index in [1.165, 1.54) is 36.0 Å². The second kappa shape index (κ2) is 8.32. The van der Waals surface area contributed by atoms with Gasteiger partial charge in [0.1, 0.15) is 28.6 Å². The van der Waals surface area contributed by atoms with Gasteiger partial charge in [-0.2, -0.15) is 0 Å². The van der Waals surface area contributed by atoms with Crippen molar-refractivity contribution >= 4 is 22.9 Å². The number of oxazole rings is 1. The van der Waals surface area contributed by atoms with Crippen LogP contribution in [-0.2, 0) is 11.2 Å². The van der Waals surface area contributed by atoms with Crippen molar-refractivity contribution in [2.24, 2.45) is 0 Å². The van der Waals surface area contributed by atoms with Gasteiger partial charge in [0.2, 0.25) is 10.9 Å². The van der Waals surface area contributed by atoms with E-state index < -0.39 is 17.0 Å². The van der Waals surface area contributed by atoms with Gasteiger partial charge >= 0.3 is 0 Å². The minimum Gasteiger partial charge on any atom is -0.610 e. The summed E-state index contributed by atoms with van der Waals surface area (Å²) in [5.74, 6) is -0.503. The van der Waals surface area contributed by atoms with Crippen LogP contribution in [0.4, 0.5) is 8.78 Å². The van der Waals surface area contributed by atoms with Crippen LogP contribution in [0.5, 0.6) is 0 Å². The average Bonchev–Trinajstić information content (AvgIpc) is 3.14. The lowest BCUT2D eigenvalue weighted by Gasteiger charge is -2.04. The second-order valence-corrected chi connectivity index (χ2v) is 8.24. The Balaban J connectivity index is 1.76. The van der Waals surface area contributed by atoms with E-state index in [0.29, 0.717) is 37.9 Å². The number of nitrogens with zero attached hydrogens (tertiary/aromatic N) is 3. The molecular weight excluding hydrogens is 416 g/mol. The predicted molar refractivity (Wildman–Crippen MR) is 106 cm³/mol. The highest BCUT2D eigenvalue weighted by atomic mass is 32.2. The molecule has 1 aromatic carbocycles. The van der Waals surface area contributed by atoms with Crippen LogP contribution in [0.25, 0.3) is 22.7 Å². The van der Waals surface area contributed by atoms with Gasteiger partial charge in [0.25, 0.3) is 0 Å². The summed E-state index contributed by atoms with van der Waals surface area (Å²) in [7, 11) is 0. The molecule has 0 fully saturated rings. The fourth-order valence-electron chi connectivity index (χ4n) is 2.48. The van der Waals surface area contributed by atoms with E-state index in [-0.39, 0.29) is 5.82 Å². The van der Waals surface area contributed by atoms with Crippen LogP contribution in [-0.4, -0.2) is 25.8 Å². The van der Waals surface area contributed by atoms with Crippen LogP contribution in [0.3, 0.4) is 0 Å². The molecule has 4 rings (SSSR count). The van der Waals surface area contributed by atoms with Crippen molar-refractivity contribution in [3.8, 4) is 22.7 Å². The van der Waals surface area contributed by atoms with Crippen molar-refractivity contribution in [3.05, 3.63) is 72.6 Å². The molecule has 3 aromatic heterocycles. The third kappa shape index (κ3) is 4.47. The number of aromatic nitrogens is 3. The zero-order valence-electron chi connectivity index (χ0n) is 15.0. The molecule has 0 saturated heterocycles. The van der Waals surface area contributed by atoms with E-state index in [0.717, 1.165) is 6.20 Å². The monoisotopic (exact) mass is 429 g/mol. The zero-order valence-corrected chi connectivity index (χ0v) is 16.6. The van der Waals surface area contributed by atoms with Gasteiger partial charge < -0.3 is 8.97 Å². The molecular formula is C20H13F2N3O2S2. The first-order chi connectivity index (χ1) is 14.0. The molecule has 0 spiro atoms. The van der Waals surface area contributed by atoms with Crippen LogP contribution in [0, 0.1) is 11.6 Å². The molecule has 0 aliphatic heterocycles. The minimum atomic E-state index is -1.20. The van der Waals surface area contributed by atoms with Crippen molar-refractivity contribution in [3.63, 3.8) is 0 Å². The zero-order chi connectivity index (χ0) is 20.4. The third-order valence-electron chi connectivity index (χ3n) is 3.89. The van der Waals surface area contributed by atoms with E-state index in [1.807, 2.05) is 0 Å². The van der Waals surface area contributed by atoms with Crippen molar-refractivity contribution in [1.82, 2.24) is 15.0 Å². The van der Waals surface area contributed by atoms with E-state index in [4.69, 9.17) is 4.42 Å². The lowest BCUT2D eigenvalue weighted by molar-refractivity contribution is 0.485. The van der Waals surface area contributed by atoms with Crippen molar-refractivity contribution < 1.29 is 17.8 Å². The number of hydrogen-bond acceptors (Lipinski definition) is 6. The van der Waals surface area contributed by atoms with E-state index >= 15 is 0 Å². The Morgan fingerprint density at radius 3 is 2.24 bits per heavy atom. The summed E-state index contributed by atoms with van der Waals surface area (Å²) in [6.45, 7) is 0. The molecule has 3 heterocycles. The Morgan fingerprint density at radius 1 is 0.897 bits per heavy atom. The maximum Gasteiger partial charge on any atom is 0.244 e. The van der Waals surface area contributed by atoms with Gasteiger partial charge in [0.15, 0.2) is 5.09 Å². The van der Waals surface area contributed by atoms with E-state index in [2.05, 4.69) is 15.0 Å². The average molecular weight is 429 g/mol. The molecule has 0 aliphatic carbocycles. The summed E-state index contributed by atoms with van der Waals surface area (Å²) in [5, 5.41) is 1.40. The molecule has 146 valence electrons. The second-order valence-electron chi connectivity index (χ2n) is 5.92. The molecule has 29 heavy (non-hydrogen) atoms. The summed E-state index contributed by atoms with van der Waals surface area (Å²) in [6, 6.07) is 12.0. The highest BCUT2D eigenvalue weighted by Crippen LogP contribution is 2.38. The Kier molecular flexibility index (Phi) is 5.61. The first kappa shape index (κ1) is 19.6. The molecule has 0 saturated carbocycles. The Bertz CT molecular complexity index is 1120. The first-order valence-electron chi connectivity index (χ1n) is 8.35. The van der Waals surface area contributed by atoms with Gasteiger partial charge in [-0.25, -0.2) is 23.7 Å². The topological polar surface area (TPSA) is 74.9 Å². The smallest absolute Gasteiger partial charge is 0.244 e. The molecule has 4 aromatic rings. The van der Waals surface area contributed by atoms with Crippen molar-refractivity contribution in [2.45, 2.75) is 15.1 Å². The van der Waals surface area contributed by atoms with E-state index in [9.17, 15) is 13.3 Å². The fourth-order valence-corrected chi connectivity index (χ4v) is 3.75. The highest BCUT2D eigenvalue weighted by molar-refractivity contribution is 7.99. The van der Waals surface area contributed by atoms with Crippen LogP contribution >= 0.6 is 11.8 Å². The van der Waals surface area contributed by atoms with E-state index in [1.54, 1.807) is 36.7 Å². The number of benzene rings is 1. The lowest BCUT2D eigenvalue weighted by Crippen LogP contribution is -1.99. The van der Waals surface area contributed by atoms with Gasteiger partial charge in [-0.15, -0.1) is 0 Å². The maximum absolute atomic E-state index is 13.2. The van der Waals surface area contributed by atoms with Crippen molar-refractivity contribution in [1.29, 1.82) is 0 Å². The molecule has 9 heteroatoms. The molecule has 0 aliphatic rings. The SMILES string of the molecule is C[S@+]([O-])c1ccc(-c2nc(-c3ccc(F)cc3)oc2Sc2ccc(F)cn2)cn1. The number of rotatable bonds is 5. The van der Waals surface area contributed by atoms with Gasteiger partial charge in [-0.05, 0) is 54.2 Å². The summed E-state index contributed by atoms with van der Waals surface area (Å²) < 4.78 is 43.9. The van der Waals surface area contributed by atoms with Crippen molar-refractivity contribution in [2.75, 3.05) is 6.26 Å². The number of halogens is 2. The molecule has 1 atom stereocenters. The Morgan fingerprint density at radius 2 is 1.62 bits per heavy atom. The minimum absolute atomic E-state index is 0.299. The number of pyridine rings is 2. The van der Waals surface area contributed by atoms with Crippen LogP contribution in [0.15, 0.2) is 80.5 Å². The molecule has 0 amide bonds. The van der Waals surface area contributed by atoms with Crippen LogP contribution < -0.4 is 0 Å². The maximum atomic E-state index is 13.2. The summed E-state index contributed by atoms with van der Waals surface area (Å²) in [5.41, 5.74) is 1.76. The molecule has 0 radical (unpaired) electrons. The molecule has 0 N–H and O–H groups in total. The van der Waals surface area contributed by atoms with Gasteiger partial charge in [0, 0.05) is 34.6 Å². The molecule has 0 bridgehead atoms. The highest BCUT2D eigenvalue weighted by Gasteiger charge is 2.19. The lowest BCUT2D eigenvalue weighted by atomic mass is 10.2. The third-order valence-corrected chi connectivity index (χ3v) is 5.63. The standard InChI is InChI=1S/C20H13F2N3O2S2/c1-29(26)17-9-4-13(10-24-17)18-20(28-16-8-7-15(22)11-23-16)27-19(25-18)12-2-5-14(21)6-3-12/h2-11H,1H3/t29-/m0/s1. The normalized spacial score (nSPS) is 12.1. The van der Waals surface area contributed by atoms with Crippen LogP contribution in [0.1, 0.15) is 0 Å². The largest absolute Gasteiger partial charge is 0.610 e. The van der Waals surface area contributed by atoms with Gasteiger partial charge in [-0.3, -0.25) is 0 Å². The summed E-state index contributed by atoms with van der Waals surface area (Å²) in [4.78, 5) is 12.8. The predicted octanol–water partition coefficient (Wildman–Crippen LogP) is 4.97. The van der Waals surface area contributed by atoms with Gasteiger partial charge in [-0.1, -0.05) is 0 Å². The summed E-state index contributed by atoms with van der Waals surface area (Å²) >= 11 is -0.0226. The van der Waals surface area contributed by atoms with Crippen LogP contribution in [0.2, 0.25) is 0 Å². The Labute approximate surface area is 172 Å². The fraction of sp³-hybridized carbons (Fsp3) is 0.0500. The van der Waals surface area contributed by atoms with Gasteiger partial charge in [0.05, 0.1) is 6.20 Å². The number of hydrogen-bond donors (Lipinski definition) is 0.